The van der Waals surface area contributed by atoms with Gasteiger partial charge in [0.05, 0.1) is 0 Å². The molecule has 0 bridgehead atoms. The summed E-state index contributed by atoms with van der Waals surface area (Å²) in [7, 11) is 0. The second-order valence-electron chi connectivity index (χ2n) is 9.14. The van der Waals surface area contributed by atoms with Crippen LogP contribution < -0.4 is 5.73 Å². The zero-order valence-corrected chi connectivity index (χ0v) is 13.7. The van der Waals surface area contributed by atoms with Crippen LogP contribution in [0.1, 0.15) is 71.1 Å². The van der Waals surface area contributed by atoms with E-state index in [4.69, 9.17) is 5.73 Å². The molecule has 4 aliphatic rings. The van der Waals surface area contributed by atoms with Gasteiger partial charge in [0.2, 0.25) is 0 Å². The van der Waals surface area contributed by atoms with Crippen molar-refractivity contribution in [2.75, 3.05) is 6.61 Å². The summed E-state index contributed by atoms with van der Waals surface area (Å²) in [6.07, 6.45) is 13.4. The molecule has 0 aromatic rings. The number of rotatable bonds is 1. The molecule has 0 radical (unpaired) electrons. The summed E-state index contributed by atoms with van der Waals surface area (Å²) >= 11 is 0. The van der Waals surface area contributed by atoms with Gasteiger partial charge >= 0.3 is 0 Å². The lowest BCUT2D eigenvalue weighted by atomic mass is 9.45. The zero-order chi connectivity index (χ0) is 14.7. The van der Waals surface area contributed by atoms with Gasteiger partial charge in [-0.15, -0.1) is 0 Å². The topological polar surface area (TPSA) is 46.2 Å². The number of aliphatic hydroxyl groups excluding tert-OH is 1. The minimum Gasteiger partial charge on any atom is -0.396 e. The summed E-state index contributed by atoms with van der Waals surface area (Å²) in [5.74, 6) is 3.54. The van der Waals surface area contributed by atoms with Crippen molar-refractivity contribution in [3.8, 4) is 0 Å². The number of hydrogen-bond donors (Lipinski definition) is 2. The third-order valence-corrected chi connectivity index (χ3v) is 8.55. The summed E-state index contributed by atoms with van der Waals surface area (Å²) in [4.78, 5) is 0. The fraction of sp³-hybridized carbons (Fsp3) is 1.00. The van der Waals surface area contributed by atoms with E-state index in [1.165, 1.54) is 64.2 Å². The van der Waals surface area contributed by atoms with Gasteiger partial charge in [-0.2, -0.15) is 0 Å². The van der Waals surface area contributed by atoms with Gasteiger partial charge in [-0.25, -0.2) is 0 Å². The molecule has 7 atom stereocenters. The molecule has 0 amide bonds. The van der Waals surface area contributed by atoms with E-state index in [0.29, 0.717) is 23.5 Å². The molecule has 0 heterocycles. The van der Waals surface area contributed by atoms with Crippen LogP contribution in [0.5, 0.6) is 0 Å². The van der Waals surface area contributed by atoms with Crippen LogP contribution in [0, 0.1) is 34.5 Å². The molecule has 21 heavy (non-hydrogen) atoms. The summed E-state index contributed by atoms with van der Waals surface area (Å²) in [6, 6.07) is 0.464. The molecule has 2 heteroatoms. The van der Waals surface area contributed by atoms with E-state index in [1.54, 1.807) is 0 Å². The molecular weight excluding hydrogens is 258 g/mol. The van der Waals surface area contributed by atoms with Crippen molar-refractivity contribution >= 4 is 0 Å². The fourth-order valence-corrected chi connectivity index (χ4v) is 7.36. The highest BCUT2D eigenvalue weighted by Crippen LogP contribution is 2.66. The first-order valence-corrected chi connectivity index (χ1v) is 9.45. The Morgan fingerprint density at radius 2 is 1.86 bits per heavy atom. The lowest BCUT2D eigenvalue weighted by Crippen LogP contribution is -2.54. The Labute approximate surface area is 129 Å². The average Bonchev–Trinajstić information content (AvgIpc) is 2.92. The number of fused-ring (bicyclic) bond motifs is 5. The lowest BCUT2D eigenvalue weighted by molar-refractivity contribution is -0.119. The number of hydrogen-bond acceptors (Lipinski definition) is 2. The second kappa shape index (κ2) is 4.96. The molecule has 4 saturated carbocycles. The van der Waals surface area contributed by atoms with Crippen LogP contribution in [-0.4, -0.2) is 17.8 Å². The molecule has 120 valence electrons. The Kier molecular flexibility index (Phi) is 3.43. The SMILES string of the molecule is C[C@]12CC[C@H](N)CC1CC[C@H]1[C@H]3CCC[C@@]3(CO)CC[C@@H]12. The minimum atomic E-state index is 0.315. The molecule has 4 aliphatic carbocycles. The van der Waals surface area contributed by atoms with Crippen molar-refractivity contribution in [2.45, 2.75) is 77.2 Å². The van der Waals surface area contributed by atoms with Crippen LogP contribution in [-0.2, 0) is 0 Å². The maximum Gasteiger partial charge on any atom is 0.0490 e. The van der Waals surface area contributed by atoms with Gasteiger partial charge in [0.15, 0.2) is 0 Å². The molecule has 4 rings (SSSR count). The lowest BCUT2D eigenvalue weighted by Gasteiger charge is -2.60. The van der Waals surface area contributed by atoms with Crippen molar-refractivity contribution in [1.82, 2.24) is 0 Å². The molecule has 1 unspecified atom stereocenters. The van der Waals surface area contributed by atoms with Gasteiger partial charge in [0, 0.05) is 12.6 Å². The van der Waals surface area contributed by atoms with Crippen LogP contribution in [0.25, 0.3) is 0 Å². The van der Waals surface area contributed by atoms with E-state index in [1.807, 2.05) is 0 Å². The molecular formula is C19H33NO. The van der Waals surface area contributed by atoms with Gasteiger partial charge in [-0.05, 0) is 92.3 Å². The average molecular weight is 291 g/mol. The number of aliphatic hydroxyl groups is 1. The Morgan fingerprint density at radius 3 is 2.67 bits per heavy atom. The molecule has 3 N–H and O–H groups in total. The van der Waals surface area contributed by atoms with Gasteiger partial charge in [0.25, 0.3) is 0 Å². The van der Waals surface area contributed by atoms with E-state index < -0.39 is 0 Å². The van der Waals surface area contributed by atoms with Gasteiger partial charge in [0.1, 0.15) is 0 Å². The largest absolute Gasteiger partial charge is 0.396 e. The van der Waals surface area contributed by atoms with Crippen molar-refractivity contribution in [3.63, 3.8) is 0 Å². The summed E-state index contributed by atoms with van der Waals surface area (Å²) in [5, 5.41) is 10.1. The van der Waals surface area contributed by atoms with Crippen LogP contribution in [0.2, 0.25) is 0 Å². The Bertz CT molecular complexity index is 410. The predicted molar refractivity (Wildman–Crippen MR) is 85.7 cm³/mol. The summed E-state index contributed by atoms with van der Waals surface area (Å²) in [5.41, 5.74) is 7.14. The van der Waals surface area contributed by atoms with E-state index in [-0.39, 0.29) is 0 Å². The van der Waals surface area contributed by atoms with Gasteiger partial charge < -0.3 is 10.8 Å². The van der Waals surface area contributed by atoms with E-state index in [9.17, 15) is 5.11 Å². The molecule has 2 nitrogen and oxygen atoms in total. The van der Waals surface area contributed by atoms with Gasteiger partial charge in [-0.1, -0.05) is 13.3 Å². The van der Waals surface area contributed by atoms with Crippen molar-refractivity contribution in [3.05, 3.63) is 0 Å². The van der Waals surface area contributed by atoms with Gasteiger partial charge in [-0.3, -0.25) is 0 Å². The van der Waals surface area contributed by atoms with Crippen LogP contribution in [0.15, 0.2) is 0 Å². The van der Waals surface area contributed by atoms with Crippen LogP contribution in [0.4, 0.5) is 0 Å². The third-order valence-electron chi connectivity index (χ3n) is 8.55. The maximum absolute atomic E-state index is 10.1. The molecule has 0 aromatic carbocycles. The van der Waals surface area contributed by atoms with E-state index in [0.717, 1.165) is 23.7 Å². The molecule has 0 aliphatic heterocycles. The first kappa shape index (κ1) is 14.5. The minimum absolute atomic E-state index is 0.315. The van der Waals surface area contributed by atoms with Crippen LogP contribution >= 0.6 is 0 Å². The fourth-order valence-electron chi connectivity index (χ4n) is 7.36. The molecule has 4 fully saturated rings. The van der Waals surface area contributed by atoms with E-state index >= 15 is 0 Å². The second-order valence-corrected chi connectivity index (χ2v) is 9.14. The predicted octanol–water partition coefficient (Wildman–Crippen LogP) is 3.72. The van der Waals surface area contributed by atoms with Crippen molar-refractivity contribution in [2.24, 2.45) is 40.2 Å². The highest BCUT2D eigenvalue weighted by atomic mass is 16.3. The summed E-state index contributed by atoms with van der Waals surface area (Å²) < 4.78 is 0. The Balaban J connectivity index is 1.62. The standard InChI is InChI=1S/C19H33NO/c1-18-9-6-14(20)11-13(18)4-5-15-16(18)7-10-19(12-21)8-2-3-17(15)19/h13-17,21H,2-12,20H2,1H3/t13?,14-,15+,16-,17+,18-,19-/m0/s1. The summed E-state index contributed by atoms with van der Waals surface area (Å²) in [6.45, 7) is 3.05. The highest BCUT2D eigenvalue weighted by Gasteiger charge is 2.58. The molecule has 0 spiro atoms. The Hall–Kier alpha value is -0.0800. The number of nitrogens with two attached hydrogens (primary N) is 1. The Morgan fingerprint density at radius 1 is 1.00 bits per heavy atom. The monoisotopic (exact) mass is 291 g/mol. The quantitative estimate of drug-likeness (QED) is 0.773. The van der Waals surface area contributed by atoms with Crippen molar-refractivity contribution < 1.29 is 5.11 Å². The van der Waals surface area contributed by atoms with Crippen LogP contribution in [0.3, 0.4) is 0 Å². The molecule has 0 saturated heterocycles. The smallest absolute Gasteiger partial charge is 0.0490 e. The molecule has 0 aromatic heterocycles. The third kappa shape index (κ3) is 1.97. The normalized spacial score (nSPS) is 56.4. The highest BCUT2D eigenvalue weighted by molar-refractivity contribution is 5.08. The zero-order valence-electron chi connectivity index (χ0n) is 13.7. The first-order chi connectivity index (χ1) is 10.1. The van der Waals surface area contributed by atoms with E-state index in [2.05, 4.69) is 6.92 Å². The maximum atomic E-state index is 10.1. The van der Waals surface area contributed by atoms with Crippen molar-refractivity contribution in [1.29, 1.82) is 0 Å². The first-order valence-electron chi connectivity index (χ1n) is 9.45.